The topological polar surface area (TPSA) is 143 Å². The summed E-state index contributed by atoms with van der Waals surface area (Å²) in [7, 11) is -4.43. The summed E-state index contributed by atoms with van der Waals surface area (Å²) in [6, 6.07) is 28.9. The predicted octanol–water partition coefficient (Wildman–Crippen LogP) is 8.13. The predicted molar refractivity (Wildman–Crippen MR) is 270 cm³/mol. The van der Waals surface area contributed by atoms with Crippen molar-refractivity contribution in [3.63, 3.8) is 0 Å². The minimum atomic E-state index is -4.43. The van der Waals surface area contributed by atoms with Gasteiger partial charge in [0.25, 0.3) is 21.6 Å². The fourth-order valence-corrected chi connectivity index (χ4v) is 11.6. The van der Waals surface area contributed by atoms with E-state index in [1.54, 1.807) is 23.9 Å². The van der Waals surface area contributed by atoms with Crippen LogP contribution in [0.15, 0.2) is 112 Å². The Morgan fingerprint density at radius 1 is 0.894 bits per heavy atom. The zero-order valence-electron chi connectivity index (χ0n) is 37.6. The van der Waals surface area contributed by atoms with Gasteiger partial charge in [0.1, 0.15) is 5.69 Å². The van der Waals surface area contributed by atoms with Gasteiger partial charge in [0.05, 0.1) is 9.82 Å². The molecule has 3 saturated heterocycles. The summed E-state index contributed by atoms with van der Waals surface area (Å²) in [6.07, 6.45) is 5.23. The molecule has 3 heterocycles. The fourth-order valence-electron chi connectivity index (χ4n) is 9.53. The number of likely N-dealkylation sites (tertiary alicyclic amines) is 1. The minimum absolute atomic E-state index is 0. The molecule has 354 valence electrons. The molecular formula is C49H62Cl2N8O5S2. The number of carbonyl (C=O) groups is 1. The van der Waals surface area contributed by atoms with Crippen LogP contribution in [0.2, 0.25) is 5.02 Å². The second kappa shape index (κ2) is 22.7. The van der Waals surface area contributed by atoms with E-state index in [1.165, 1.54) is 35.3 Å². The quantitative estimate of drug-likeness (QED) is 0.0504. The van der Waals surface area contributed by atoms with Crippen LogP contribution in [0.1, 0.15) is 54.9 Å². The van der Waals surface area contributed by atoms with Crippen LogP contribution in [0.3, 0.4) is 0 Å². The number of nitro benzene ring substituents is 1. The molecule has 3 N–H and O–H groups in total. The van der Waals surface area contributed by atoms with E-state index >= 15 is 0 Å². The second-order valence-corrected chi connectivity index (χ2v) is 21.4. The largest absolute Gasteiger partial charge is 0.376 e. The maximum Gasteiger partial charge on any atom is 0.293 e. The van der Waals surface area contributed by atoms with Crippen LogP contribution in [0.25, 0.3) is 5.57 Å². The normalized spacial score (nSPS) is 20.2. The monoisotopic (exact) mass is 976 g/mol. The number of nitrogens with one attached hydrogen (secondary N) is 3. The molecule has 4 aromatic carbocycles. The van der Waals surface area contributed by atoms with Gasteiger partial charge in [0, 0.05) is 111 Å². The number of anilines is 2. The summed E-state index contributed by atoms with van der Waals surface area (Å²) >= 11 is 7.96. The summed E-state index contributed by atoms with van der Waals surface area (Å²) in [6.45, 7) is 15.2. The maximum atomic E-state index is 13.5. The average Bonchev–Trinajstić information content (AvgIpc) is 3.29. The highest BCUT2D eigenvalue weighted by atomic mass is 35.5. The molecule has 1 unspecified atom stereocenters. The molecule has 8 rings (SSSR count). The van der Waals surface area contributed by atoms with Gasteiger partial charge in [-0.2, -0.15) is 0 Å². The van der Waals surface area contributed by atoms with E-state index in [4.69, 9.17) is 11.6 Å². The highest BCUT2D eigenvalue weighted by molar-refractivity contribution is 7.99. The molecule has 2 atom stereocenters. The molecular weight excluding hydrogens is 916 g/mol. The Morgan fingerprint density at radius 2 is 1.61 bits per heavy atom. The Hall–Kier alpha value is -4.19. The number of allylic oxidation sites excluding steroid dienone is 1. The summed E-state index contributed by atoms with van der Waals surface area (Å²) in [5, 5.41) is 19.9. The van der Waals surface area contributed by atoms with E-state index in [-0.39, 0.29) is 45.7 Å². The van der Waals surface area contributed by atoms with Gasteiger partial charge in [-0.25, -0.2) is 13.1 Å². The second-order valence-electron chi connectivity index (χ2n) is 18.2. The van der Waals surface area contributed by atoms with Gasteiger partial charge in [-0.3, -0.25) is 19.8 Å². The first-order valence-electron chi connectivity index (χ1n) is 22.9. The number of hydrogen-bond donors (Lipinski definition) is 3. The van der Waals surface area contributed by atoms with E-state index in [0.29, 0.717) is 5.75 Å². The molecule has 1 aliphatic carbocycles. The lowest BCUT2D eigenvalue weighted by Gasteiger charge is -2.43. The molecule has 4 aromatic rings. The molecule has 4 aliphatic rings. The number of rotatable bonds is 18. The molecule has 0 bridgehead atoms. The maximum absolute atomic E-state index is 13.5. The van der Waals surface area contributed by atoms with Crippen molar-refractivity contribution in [2.24, 2.45) is 5.41 Å². The van der Waals surface area contributed by atoms with Crippen molar-refractivity contribution in [3.05, 3.63) is 129 Å². The number of thioether (sulfide) groups is 1. The van der Waals surface area contributed by atoms with Crippen LogP contribution in [0, 0.1) is 15.5 Å². The zero-order valence-corrected chi connectivity index (χ0v) is 40.8. The SMILES string of the molecule is CC1(CN2CCNCC2)CCC(c2ccc(Cl)cc2)=C(CN2CCN(c3ccc(C(=O)NS(=O)(=O)c4ccc(N[C@H](CCN5CCC5)CSc5ccccc5)c([N+](=O)[O-])c4)cc3)CC2)C1.Cl. The van der Waals surface area contributed by atoms with Crippen LogP contribution in [-0.2, 0) is 10.0 Å². The summed E-state index contributed by atoms with van der Waals surface area (Å²) < 4.78 is 29.2. The summed E-state index contributed by atoms with van der Waals surface area (Å²) in [5.41, 5.74) is 5.45. The minimum Gasteiger partial charge on any atom is -0.376 e. The van der Waals surface area contributed by atoms with Crippen LogP contribution in [0.5, 0.6) is 0 Å². The number of amides is 1. The average molecular weight is 978 g/mol. The van der Waals surface area contributed by atoms with E-state index in [2.05, 4.69) is 54.0 Å². The Bertz CT molecular complexity index is 2410. The van der Waals surface area contributed by atoms with Gasteiger partial charge >= 0.3 is 0 Å². The Balaban J connectivity index is 0.00000648. The van der Waals surface area contributed by atoms with E-state index < -0.39 is 20.9 Å². The van der Waals surface area contributed by atoms with Gasteiger partial charge in [-0.15, -0.1) is 24.2 Å². The molecule has 3 aliphatic heterocycles. The first-order valence-corrected chi connectivity index (χ1v) is 25.7. The number of nitrogens with zero attached hydrogens (tertiary/aromatic N) is 5. The van der Waals surface area contributed by atoms with Crippen molar-refractivity contribution in [3.8, 4) is 0 Å². The van der Waals surface area contributed by atoms with Crippen molar-refractivity contribution in [2.75, 3.05) is 101 Å². The van der Waals surface area contributed by atoms with Crippen molar-refractivity contribution >= 4 is 74.3 Å². The first-order chi connectivity index (χ1) is 31.4. The number of sulfonamides is 1. The first kappa shape index (κ1) is 49.7. The molecule has 17 heteroatoms. The van der Waals surface area contributed by atoms with Gasteiger partial charge < -0.3 is 25.3 Å². The van der Waals surface area contributed by atoms with Crippen molar-refractivity contribution < 1.29 is 18.1 Å². The molecule has 0 radical (unpaired) electrons. The standard InChI is InChI=1S/C49H61ClN8O5S2.ClH/c1-49(36-56-26-21-51-22-27-56)20-18-45(37-8-12-40(50)13-9-37)39(33-49)34-55-28-30-57(31-29-55)42-14-10-38(11-15-42)48(59)53-65(62,63)44-16-17-46(47(32-44)58(60)61)52-41(19-25-54-23-5-24-54)35-64-43-6-3-2-4-7-43;/h2-4,6-17,32,41,51-52H,5,18-31,33-36H2,1H3,(H,53,59);1H/t41-,49?;/m1./s1. The van der Waals surface area contributed by atoms with Crippen molar-refractivity contribution in [1.29, 1.82) is 0 Å². The number of benzene rings is 4. The molecule has 1 amide bonds. The third-order valence-electron chi connectivity index (χ3n) is 13.3. The van der Waals surface area contributed by atoms with Crippen LogP contribution < -0.4 is 20.3 Å². The van der Waals surface area contributed by atoms with Gasteiger partial charge in [0.15, 0.2) is 0 Å². The smallest absolute Gasteiger partial charge is 0.293 e. The number of halogens is 2. The Labute approximate surface area is 405 Å². The summed E-state index contributed by atoms with van der Waals surface area (Å²) in [4.78, 5) is 35.6. The molecule has 13 nitrogen and oxygen atoms in total. The van der Waals surface area contributed by atoms with Gasteiger partial charge in [0.2, 0.25) is 0 Å². The number of carbonyl (C=O) groups excluding carboxylic acids is 1. The third-order valence-corrected chi connectivity index (χ3v) is 16.1. The van der Waals surface area contributed by atoms with Crippen LogP contribution in [0.4, 0.5) is 17.1 Å². The Kier molecular flexibility index (Phi) is 17.1. The Morgan fingerprint density at radius 3 is 2.27 bits per heavy atom. The molecule has 66 heavy (non-hydrogen) atoms. The van der Waals surface area contributed by atoms with E-state index in [1.807, 2.05) is 54.6 Å². The molecule has 0 spiro atoms. The third kappa shape index (κ3) is 13.1. The van der Waals surface area contributed by atoms with Gasteiger partial charge in [-0.05, 0) is 122 Å². The number of piperazine rings is 2. The molecule has 0 aromatic heterocycles. The lowest BCUT2D eigenvalue weighted by Crippen LogP contribution is -2.49. The van der Waals surface area contributed by atoms with Crippen molar-refractivity contribution in [2.45, 2.75) is 54.9 Å². The van der Waals surface area contributed by atoms with Gasteiger partial charge in [-0.1, -0.05) is 54.4 Å². The van der Waals surface area contributed by atoms with E-state index in [9.17, 15) is 23.3 Å². The highest BCUT2D eigenvalue weighted by Crippen LogP contribution is 2.44. The lowest BCUT2D eigenvalue weighted by molar-refractivity contribution is -0.384. The lowest BCUT2D eigenvalue weighted by atomic mass is 9.71. The number of hydrogen-bond acceptors (Lipinski definition) is 12. The van der Waals surface area contributed by atoms with Crippen LogP contribution in [-0.4, -0.2) is 131 Å². The molecule has 3 fully saturated rings. The summed E-state index contributed by atoms with van der Waals surface area (Å²) in [5.74, 6) is -0.140. The zero-order chi connectivity index (χ0) is 45.4. The fraction of sp³-hybridized carbons (Fsp3) is 0.449. The molecule has 0 saturated carbocycles. The van der Waals surface area contributed by atoms with E-state index in [0.717, 1.165) is 132 Å². The van der Waals surface area contributed by atoms with Crippen LogP contribution >= 0.6 is 35.8 Å². The highest BCUT2D eigenvalue weighted by Gasteiger charge is 2.35. The van der Waals surface area contributed by atoms with Crippen molar-refractivity contribution in [1.82, 2.24) is 24.7 Å². The number of nitro groups is 1.